The zero-order valence-electron chi connectivity index (χ0n) is 12.8. The highest BCUT2D eigenvalue weighted by Crippen LogP contribution is 2.23. The summed E-state index contributed by atoms with van der Waals surface area (Å²) >= 11 is 3.49. The summed E-state index contributed by atoms with van der Waals surface area (Å²) < 4.78 is 0.934. The van der Waals surface area contributed by atoms with Crippen molar-refractivity contribution >= 4 is 27.5 Å². The van der Waals surface area contributed by atoms with Crippen molar-refractivity contribution in [3.8, 4) is 0 Å². The lowest BCUT2D eigenvalue weighted by Crippen LogP contribution is -2.40. The van der Waals surface area contributed by atoms with Crippen LogP contribution in [0.2, 0.25) is 0 Å². The molecular weight excluding hydrogens is 330 g/mol. The molecule has 0 spiro atoms. The van der Waals surface area contributed by atoms with Crippen LogP contribution in [-0.2, 0) is 4.79 Å². The van der Waals surface area contributed by atoms with Crippen LogP contribution < -0.4 is 10.6 Å². The van der Waals surface area contributed by atoms with Gasteiger partial charge in [-0.05, 0) is 86.0 Å². The highest BCUT2D eigenvalue weighted by molar-refractivity contribution is 9.10. The van der Waals surface area contributed by atoms with E-state index in [1.165, 1.54) is 18.4 Å². The molecule has 1 aliphatic heterocycles. The summed E-state index contributed by atoms with van der Waals surface area (Å²) in [7, 11) is 2.00. The number of anilines is 1. The maximum Gasteiger partial charge on any atom is 0.238 e. The van der Waals surface area contributed by atoms with Gasteiger partial charge < -0.3 is 10.6 Å². The zero-order valence-corrected chi connectivity index (χ0v) is 14.4. The van der Waals surface area contributed by atoms with Crippen molar-refractivity contribution in [2.45, 2.75) is 19.8 Å². The van der Waals surface area contributed by atoms with Crippen LogP contribution in [0.4, 0.5) is 5.69 Å². The Kier molecular flexibility index (Phi) is 6.21. The fourth-order valence-corrected chi connectivity index (χ4v) is 3.34. The van der Waals surface area contributed by atoms with Crippen LogP contribution in [-0.4, -0.2) is 44.0 Å². The quantitative estimate of drug-likeness (QED) is 0.855. The van der Waals surface area contributed by atoms with E-state index in [9.17, 15) is 4.79 Å². The molecular formula is C16H24BrN3O. The maximum absolute atomic E-state index is 12.1. The van der Waals surface area contributed by atoms with Gasteiger partial charge in [-0.1, -0.05) is 6.07 Å². The predicted octanol–water partition coefficient (Wildman–Crippen LogP) is 2.63. The molecule has 1 fully saturated rings. The van der Waals surface area contributed by atoms with Gasteiger partial charge in [-0.15, -0.1) is 0 Å². The molecule has 0 atom stereocenters. The molecule has 1 amide bonds. The van der Waals surface area contributed by atoms with E-state index in [0.717, 1.165) is 35.7 Å². The second-order valence-corrected chi connectivity index (χ2v) is 6.66. The number of hydrogen-bond donors (Lipinski definition) is 2. The number of halogens is 1. The fraction of sp³-hybridized carbons (Fsp3) is 0.562. The van der Waals surface area contributed by atoms with Gasteiger partial charge in [0, 0.05) is 4.47 Å². The van der Waals surface area contributed by atoms with Crippen LogP contribution in [0.3, 0.4) is 0 Å². The highest BCUT2D eigenvalue weighted by atomic mass is 79.9. The van der Waals surface area contributed by atoms with Crippen LogP contribution in [0.25, 0.3) is 0 Å². The molecule has 4 nitrogen and oxygen atoms in total. The van der Waals surface area contributed by atoms with Gasteiger partial charge in [0.15, 0.2) is 0 Å². The molecule has 0 unspecified atom stereocenters. The minimum atomic E-state index is 0.0617. The smallest absolute Gasteiger partial charge is 0.238 e. The van der Waals surface area contributed by atoms with Crippen LogP contribution >= 0.6 is 15.9 Å². The maximum atomic E-state index is 12.1. The van der Waals surface area contributed by atoms with E-state index in [4.69, 9.17) is 0 Å². The largest absolute Gasteiger partial charge is 0.324 e. The Hall–Kier alpha value is -0.910. The van der Waals surface area contributed by atoms with Crippen molar-refractivity contribution in [3.63, 3.8) is 0 Å². The summed E-state index contributed by atoms with van der Waals surface area (Å²) in [5.41, 5.74) is 2.02. The minimum absolute atomic E-state index is 0.0617. The van der Waals surface area contributed by atoms with E-state index in [1.54, 1.807) is 0 Å². The first kappa shape index (κ1) is 16.5. The Morgan fingerprint density at radius 1 is 1.38 bits per heavy atom. The van der Waals surface area contributed by atoms with Crippen molar-refractivity contribution in [3.05, 3.63) is 28.2 Å². The minimum Gasteiger partial charge on any atom is -0.324 e. The summed E-state index contributed by atoms with van der Waals surface area (Å²) in [5.74, 6) is 0.812. The predicted molar refractivity (Wildman–Crippen MR) is 90.6 cm³/mol. The molecule has 0 aromatic heterocycles. The Bertz CT molecular complexity index is 484. The third-order valence-electron chi connectivity index (χ3n) is 3.97. The number of benzene rings is 1. The van der Waals surface area contributed by atoms with E-state index in [0.29, 0.717) is 6.54 Å². The van der Waals surface area contributed by atoms with Gasteiger partial charge >= 0.3 is 0 Å². The van der Waals surface area contributed by atoms with Crippen molar-refractivity contribution in [2.24, 2.45) is 5.92 Å². The van der Waals surface area contributed by atoms with Crippen molar-refractivity contribution in [1.29, 1.82) is 0 Å². The molecule has 1 heterocycles. The van der Waals surface area contributed by atoms with Crippen molar-refractivity contribution in [1.82, 2.24) is 10.2 Å². The molecule has 5 heteroatoms. The number of amides is 1. The van der Waals surface area contributed by atoms with Gasteiger partial charge in [-0.3, -0.25) is 9.69 Å². The van der Waals surface area contributed by atoms with Crippen LogP contribution in [0.15, 0.2) is 22.7 Å². The molecule has 1 saturated heterocycles. The van der Waals surface area contributed by atoms with Crippen LogP contribution in [0.5, 0.6) is 0 Å². The number of nitrogens with one attached hydrogen (secondary N) is 2. The van der Waals surface area contributed by atoms with Gasteiger partial charge in [-0.2, -0.15) is 0 Å². The molecule has 116 valence electrons. The Morgan fingerprint density at radius 3 is 2.71 bits per heavy atom. The molecule has 2 N–H and O–H groups in total. The summed E-state index contributed by atoms with van der Waals surface area (Å²) in [6.07, 6.45) is 2.34. The summed E-state index contributed by atoms with van der Waals surface area (Å²) in [4.78, 5) is 14.4. The summed E-state index contributed by atoms with van der Waals surface area (Å²) in [6.45, 7) is 5.61. The van der Waals surface area contributed by atoms with Crippen LogP contribution in [0, 0.1) is 12.8 Å². The van der Waals surface area contributed by atoms with E-state index in [-0.39, 0.29) is 5.91 Å². The number of carbonyl (C=O) groups is 1. The van der Waals surface area contributed by atoms with E-state index >= 15 is 0 Å². The van der Waals surface area contributed by atoms with Crippen molar-refractivity contribution in [2.75, 3.05) is 38.5 Å². The number of likely N-dealkylation sites (tertiary alicyclic amines) is 1. The molecule has 1 aromatic rings. The molecule has 1 aliphatic rings. The van der Waals surface area contributed by atoms with E-state index in [1.807, 2.05) is 32.2 Å². The second kappa shape index (κ2) is 7.92. The monoisotopic (exact) mass is 353 g/mol. The average molecular weight is 354 g/mol. The lowest BCUT2D eigenvalue weighted by atomic mass is 9.97. The highest BCUT2D eigenvalue weighted by Gasteiger charge is 2.20. The SMILES string of the molecule is CNCC1CCN(CC(=O)Nc2ccc(C)cc2Br)CC1. The fourth-order valence-electron chi connectivity index (χ4n) is 2.75. The van der Waals surface area contributed by atoms with E-state index in [2.05, 4.69) is 31.5 Å². The molecule has 21 heavy (non-hydrogen) atoms. The number of rotatable bonds is 5. The average Bonchev–Trinajstić information content (AvgIpc) is 2.44. The topological polar surface area (TPSA) is 44.4 Å². The van der Waals surface area contributed by atoms with E-state index < -0.39 is 0 Å². The van der Waals surface area contributed by atoms with Gasteiger partial charge in [0.05, 0.1) is 12.2 Å². The van der Waals surface area contributed by atoms with Gasteiger partial charge in [-0.25, -0.2) is 0 Å². The molecule has 0 radical (unpaired) electrons. The summed E-state index contributed by atoms with van der Waals surface area (Å²) in [5, 5.41) is 6.21. The normalized spacial score (nSPS) is 16.9. The number of hydrogen-bond acceptors (Lipinski definition) is 3. The molecule has 2 rings (SSSR count). The number of aryl methyl sites for hydroxylation is 1. The number of carbonyl (C=O) groups excluding carboxylic acids is 1. The lowest BCUT2D eigenvalue weighted by molar-refractivity contribution is -0.117. The standard InChI is InChI=1S/C16H24BrN3O/c1-12-3-4-15(14(17)9-12)19-16(21)11-20-7-5-13(6-8-20)10-18-2/h3-4,9,13,18H,5-8,10-11H2,1-2H3,(H,19,21). The zero-order chi connectivity index (χ0) is 15.2. The Labute approximate surface area is 135 Å². The number of nitrogens with zero attached hydrogens (tertiary/aromatic N) is 1. The van der Waals surface area contributed by atoms with Gasteiger partial charge in [0.25, 0.3) is 0 Å². The third-order valence-corrected chi connectivity index (χ3v) is 4.62. The molecule has 0 bridgehead atoms. The Balaban J connectivity index is 1.80. The first-order valence-electron chi connectivity index (χ1n) is 7.51. The van der Waals surface area contributed by atoms with Gasteiger partial charge in [0.2, 0.25) is 5.91 Å². The lowest BCUT2D eigenvalue weighted by Gasteiger charge is -2.31. The Morgan fingerprint density at radius 2 is 2.10 bits per heavy atom. The van der Waals surface area contributed by atoms with Crippen LogP contribution in [0.1, 0.15) is 18.4 Å². The first-order chi connectivity index (χ1) is 10.1. The van der Waals surface area contributed by atoms with Gasteiger partial charge in [0.1, 0.15) is 0 Å². The first-order valence-corrected chi connectivity index (χ1v) is 8.30. The van der Waals surface area contributed by atoms with Crippen molar-refractivity contribution < 1.29 is 4.79 Å². The molecule has 1 aromatic carbocycles. The second-order valence-electron chi connectivity index (χ2n) is 5.81. The third kappa shape index (κ3) is 5.09. The number of piperidine rings is 1. The summed E-state index contributed by atoms with van der Waals surface area (Å²) in [6, 6.07) is 5.96. The molecule has 0 saturated carbocycles. The molecule has 0 aliphatic carbocycles.